The summed E-state index contributed by atoms with van der Waals surface area (Å²) in [5, 5.41) is 8.73. The average molecular weight is 146 g/mol. The first-order valence-electron chi connectivity index (χ1n) is 3.98. The minimum absolute atomic E-state index is 0.289. The standard InChI is InChI=1S/C8H20NO/c1-5-8(2)9(3,4)6-7-10/h8,10H,5-7H2,1-4H3/q+1. The molecule has 0 aromatic rings. The van der Waals surface area contributed by atoms with Crippen LogP contribution in [0.25, 0.3) is 0 Å². The lowest BCUT2D eigenvalue weighted by atomic mass is 10.2. The molecule has 0 saturated carbocycles. The molecular weight excluding hydrogens is 126 g/mol. The van der Waals surface area contributed by atoms with Crippen LogP contribution in [0.5, 0.6) is 0 Å². The molecule has 0 aliphatic carbocycles. The van der Waals surface area contributed by atoms with Crippen LogP contribution in [0, 0.1) is 0 Å². The van der Waals surface area contributed by atoms with Gasteiger partial charge in [0, 0.05) is 0 Å². The lowest BCUT2D eigenvalue weighted by Crippen LogP contribution is -2.48. The summed E-state index contributed by atoms with van der Waals surface area (Å²) >= 11 is 0. The topological polar surface area (TPSA) is 20.2 Å². The number of likely N-dealkylation sites (N-methyl/N-ethyl adjacent to an activating group) is 1. The van der Waals surface area contributed by atoms with E-state index < -0.39 is 0 Å². The first kappa shape index (κ1) is 9.92. The second kappa shape index (κ2) is 3.94. The largest absolute Gasteiger partial charge is 0.391 e. The third-order valence-electron chi connectivity index (χ3n) is 2.46. The van der Waals surface area contributed by atoms with Gasteiger partial charge in [-0.05, 0) is 13.3 Å². The number of rotatable bonds is 4. The van der Waals surface area contributed by atoms with Gasteiger partial charge in [0.1, 0.15) is 6.54 Å². The van der Waals surface area contributed by atoms with Gasteiger partial charge in [0.2, 0.25) is 0 Å². The molecule has 2 heteroatoms. The fraction of sp³-hybridized carbons (Fsp3) is 1.00. The van der Waals surface area contributed by atoms with Crippen LogP contribution in [-0.2, 0) is 0 Å². The summed E-state index contributed by atoms with van der Waals surface area (Å²) in [7, 11) is 4.31. The summed E-state index contributed by atoms with van der Waals surface area (Å²) in [6.07, 6.45) is 1.17. The molecule has 0 spiro atoms. The molecule has 1 atom stereocenters. The van der Waals surface area contributed by atoms with Crippen LogP contribution < -0.4 is 0 Å². The van der Waals surface area contributed by atoms with Gasteiger partial charge < -0.3 is 9.59 Å². The Hall–Kier alpha value is -0.0800. The minimum Gasteiger partial charge on any atom is -0.391 e. The highest BCUT2D eigenvalue weighted by Gasteiger charge is 2.20. The highest BCUT2D eigenvalue weighted by atomic mass is 16.3. The molecule has 62 valence electrons. The quantitative estimate of drug-likeness (QED) is 0.583. The Kier molecular flexibility index (Phi) is 3.91. The number of nitrogens with zero attached hydrogens (tertiary/aromatic N) is 1. The monoisotopic (exact) mass is 146 g/mol. The zero-order valence-corrected chi connectivity index (χ0v) is 7.59. The fourth-order valence-electron chi connectivity index (χ4n) is 0.972. The second-order valence-electron chi connectivity index (χ2n) is 3.48. The summed E-state index contributed by atoms with van der Waals surface area (Å²) in [6, 6.07) is 0.646. The fourth-order valence-corrected chi connectivity index (χ4v) is 0.972. The number of hydrogen-bond acceptors (Lipinski definition) is 1. The van der Waals surface area contributed by atoms with Crippen molar-refractivity contribution in [3.05, 3.63) is 0 Å². The van der Waals surface area contributed by atoms with Crippen LogP contribution in [0.1, 0.15) is 20.3 Å². The molecule has 0 aromatic carbocycles. The Labute approximate surface area is 64.1 Å². The van der Waals surface area contributed by atoms with E-state index >= 15 is 0 Å². The van der Waals surface area contributed by atoms with Gasteiger partial charge in [-0.15, -0.1) is 0 Å². The van der Waals surface area contributed by atoms with Gasteiger partial charge in [0.05, 0.1) is 26.7 Å². The normalized spacial score (nSPS) is 15.3. The molecule has 0 aliphatic rings. The molecule has 0 heterocycles. The van der Waals surface area contributed by atoms with E-state index in [0.717, 1.165) is 11.0 Å². The zero-order chi connectivity index (χ0) is 8.20. The van der Waals surface area contributed by atoms with Crippen LogP contribution in [0.3, 0.4) is 0 Å². The van der Waals surface area contributed by atoms with Gasteiger partial charge in [0.25, 0.3) is 0 Å². The minimum atomic E-state index is 0.289. The van der Waals surface area contributed by atoms with Crippen molar-refractivity contribution in [1.82, 2.24) is 0 Å². The van der Waals surface area contributed by atoms with Gasteiger partial charge in [0.15, 0.2) is 0 Å². The molecule has 0 rings (SSSR count). The van der Waals surface area contributed by atoms with Crippen molar-refractivity contribution in [3.63, 3.8) is 0 Å². The Morgan fingerprint density at radius 2 is 1.90 bits per heavy atom. The molecule has 0 aromatic heterocycles. The van der Waals surface area contributed by atoms with Gasteiger partial charge in [-0.1, -0.05) is 6.92 Å². The molecule has 1 unspecified atom stereocenters. The molecule has 2 nitrogen and oxygen atoms in total. The Balaban J connectivity index is 3.82. The third kappa shape index (κ3) is 2.67. The molecule has 10 heavy (non-hydrogen) atoms. The van der Waals surface area contributed by atoms with Crippen molar-refractivity contribution in [1.29, 1.82) is 0 Å². The number of aliphatic hydroxyl groups excluding tert-OH is 1. The van der Waals surface area contributed by atoms with E-state index in [0.29, 0.717) is 6.04 Å². The maximum absolute atomic E-state index is 8.73. The highest BCUT2D eigenvalue weighted by molar-refractivity contribution is 4.45. The van der Waals surface area contributed by atoms with Crippen molar-refractivity contribution in [2.45, 2.75) is 26.3 Å². The smallest absolute Gasteiger partial charge is 0.102 e. The van der Waals surface area contributed by atoms with Gasteiger partial charge >= 0.3 is 0 Å². The number of quaternary nitrogens is 1. The van der Waals surface area contributed by atoms with E-state index in [1.165, 1.54) is 6.42 Å². The molecule has 0 fully saturated rings. The van der Waals surface area contributed by atoms with Crippen LogP contribution >= 0.6 is 0 Å². The Morgan fingerprint density at radius 1 is 1.40 bits per heavy atom. The van der Waals surface area contributed by atoms with Gasteiger partial charge in [-0.25, -0.2) is 0 Å². The first-order chi connectivity index (χ1) is 4.54. The maximum atomic E-state index is 8.73. The predicted octanol–water partition coefficient (Wildman–Crippen LogP) is 0.854. The predicted molar refractivity (Wildman–Crippen MR) is 43.8 cm³/mol. The molecule has 0 amide bonds. The molecule has 0 aliphatic heterocycles. The summed E-state index contributed by atoms with van der Waals surface area (Å²) < 4.78 is 0.924. The van der Waals surface area contributed by atoms with Crippen molar-refractivity contribution < 1.29 is 9.59 Å². The SMILES string of the molecule is CCC(C)[N+](C)(C)CCO. The van der Waals surface area contributed by atoms with Gasteiger partial charge in [-0.3, -0.25) is 0 Å². The second-order valence-corrected chi connectivity index (χ2v) is 3.48. The zero-order valence-electron chi connectivity index (χ0n) is 7.59. The van der Waals surface area contributed by atoms with Crippen molar-refractivity contribution >= 4 is 0 Å². The molecule has 1 N–H and O–H groups in total. The van der Waals surface area contributed by atoms with E-state index in [9.17, 15) is 0 Å². The maximum Gasteiger partial charge on any atom is 0.102 e. The highest BCUT2D eigenvalue weighted by Crippen LogP contribution is 2.08. The lowest BCUT2D eigenvalue weighted by molar-refractivity contribution is -0.913. The molecular formula is C8H20NO+. The van der Waals surface area contributed by atoms with Crippen LogP contribution in [-0.4, -0.2) is 42.9 Å². The molecule has 0 radical (unpaired) electrons. The van der Waals surface area contributed by atoms with Crippen molar-refractivity contribution in [3.8, 4) is 0 Å². The first-order valence-corrected chi connectivity index (χ1v) is 3.98. The Bertz CT molecular complexity index is 91.3. The summed E-state index contributed by atoms with van der Waals surface area (Å²) in [4.78, 5) is 0. The number of hydrogen-bond donors (Lipinski definition) is 1. The van der Waals surface area contributed by atoms with Gasteiger partial charge in [-0.2, -0.15) is 0 Å². The van der Waals surface area contributed by atoms with E-state index in [1.54, 1.807) is 0 Å². The lowest BCUT2D eigenvalue weighted by Gasteiger charge is -2.35. The average Bonchev–Trinajstić information content (AvgIpc) is 1.86. The summed E-state index contributed by atoms with van der Waals surface area (Å²) in [5.41, 5.74) is 0. The summed E-state index contributed by atoms with van der Waals surface area (Å²) in [6.45, 7) is 5.55. The van der Waals surface area contributed by atoms with E-state index in [4.69, 9.17) is 5.11 Å². The van der Waals surface area contributed by atoms with Crippen molar-refractivity contribution in [2.24, 2.45) is 0 Å². The molecule has 0 saturated heterocycles. The van der Waals surface area contributed by atoms with E-state index in [1.807, 2.05) is 0 Å². The van der Waals surface area contributed by atoms with Crippen LogP contribution in [0.2, 0.25) is 0 Å². The summed E-state index contributed by atoms with van der Waals surface area (Å²) in [5.74, 6) is 0. The van der Waals surface area contributed by atoms with E-state index in [2.05, 4.69) is 27.9 Å². The number of aliphatic hydroxyl groups is 1. The van der Waals surface area contributed by atoms with Crippen LogP contribution in [0.15, 0.2) is 0 Å². The van der Waals surface area contributed by atoms with Crippen molar-refractivity contribution in [2.75, 3.05) is 27.2 Å². The molecule has 0 bridgehead atoms. The van der Waals surface area contributed by atoms with E-state index in [-0.39, 0.29) is 6.61 Å². The third-order valence-corrected chi connectivity index (χ3v) is 2.46. The van der Waals surface area contributed by atoms with Crippen LogP contribution in [0.4, 0.5) is 0 Å². The Morgan fingerprint density at radius 3 is 2.20 bits per heavy atom.